The first-order valence-electron chi connectivity index (χ1n) is 7.06. The van der Waals surface area contributed by atoms with E-state index < -0.39 is 0 Å². The third kappa shape index (κ3) is 2.85. The van der Waals surface area contributed by atoms with E-state index in [0.29, 0.717) is 17.2 Å². The Morgan fingerprint density at radius 1 is 0.955 bits per heavy atom. The molecular weight excluding hydrogens is 280 g/mol. The summed E-state index contributed by atoms with van der Waals surface area (Å²) in [6.45, 7) is 3.90. The van der Waals surface area contributed by atoms with E-state index in [-0.39, 0.29) is 6.04 Å². The lowest BCUT2D eigenvalue weighted by molar-refractivity contribution is 0.325. The molecule has 1 atom stereocenters. The third-order valence-electron chi connectivity index (χ3n) is 3.60. The second-order valence-corrected chi connectivity index (χ2v) is 5.04. The SMILES string of the molecule is COc1ccc(-c2ccc(C(C)N)c(C)n2)c(OC)c1OC. The normalized spacial score (nSPS) is 11.9. The van der Waals surface area contributed by atoms with Gasteiger partial charge in [0.25, 0.3) is 0 Å². The van der Waals surface area contributed by atoms with Crippen molar-refractivity contribution in [2.24, 2.45) is 5.73 Å². The summed E-state index contributed by atoms with van der Waals surface area (Å²) in [7, 11) is 4.78. The van der Waals surface area contributed by atoms with Crippen molar-refractivity contribution in [3.8, 4) is 28.5 Å². The quantitative estimate of drug-likeness (QED) is 0.919. The minimum atomic E-state index is -0.0474. The Bertz CT molecular complexity index is 669. The molecule has 2 rings (SSSR count). The van der Waals surface area contributed by atoms with Gasteiger partial charge in [-0.1, -0.05) is 6.07 Å². The Hall–Kier alpha value is -2.27. The molecule has 0 fully saturated rings. The van der Waals surface area contributed by atoms with Gasteiger partial charge in [-0.05, 0) is 37.6 Å². The van der Waals surface area contributed by atoms with E-state index in [1.165, 1.54) is 0 Å². The second kappa shape index (κ2) is 6.66. The molecule has 0 aliphatic rings. The van der Waals surface area contributed by atoms with Crippen LogP contribution < -0.4 is 19.9 Å². The standard InChI is InChI=1S/C17H22N2O3/c1-10(18)12-6-8-14(19-11(12)2)13-7-9-15(20-3)17(22-5)16(13)21-4/h6-10H,18H2,1-5H3. The molecule has 0 saturated carbocycles. The van der Waals surface area contributed by atoms with Gasteiger partial charge in [0.05, 0.1) is 27.0 Å². The first kappa shape index (κ1) is 16.1. The highest BCUT2D eigenvalue weighted by Gasteiger charge is 2.18. The number of pyridine rings is 1. The molecular formula is C17H22N2O3. The van der Waals surface area contributed by atoms with Crippen LogP contribution in [-0.4, -0.2) is 26.3 Å². The van der Waals surface area contributed by atoms with Gasteiger partial charge >= 0.3 is 0 Å². The molecule has 0 spiro atoms. The molecule has 1 aromatic heterocycles. The lowest BCUT2D eigenvalue weighted by Crippen LogP contribution is -2.08. The van der Waals surface area contributed by atoms with Gasteiger partial charge in [0.2, 0.25) is 5.75 Å². The Kier molecular flexibility index (Phi) is 4.88. The molecule has 0 aliphatic carbocycles. The van der Waals surface area contributed by atoms with Crippen LogP contribution in [-0.2, 0) is 0 Å². The van der Waals surface area contributed by atoms with Crippen molar-refractivity contribution in [1.82, 2.24) is 4.98 Å². The fourth-order valence-corrected chi connectivity index (χ4v) is 2.51. The van der Waals surface area contributed by atoms with E-state index in [1.807, 2.05) is 38.1 Å². The van der Waals surface area contributed by atoms with Crippen LogP contribution in [0.5, 0.6) is 17.2 Å². The summed E-state index contributed by atoms with van der Waals surface area (Å²) >= 11 is 0. The number of aryl methyl sites for hydroxylation is 1. The van der Waals surface area contributed by atoms with Crippen molar-refractivity contribution in [3.05, 3.63) is 35.5 Å². The molecule has 0 saturated heterocycles. The maximum absolute atomic E-state index is 5.94. The Labute approximate surface area is 131 Å². The lowest BCUT2D eigenvalue weighted by Gasteiger charge is -2.16. The van der Waals surface area contributed by atoms with Crippen LogP contribution in [0.2, 0.25) is 0 Å². The maximum atomic E-state index is 5.94. The van der Waals surface area contributed by atoms with Gasteiger partial charge in [-0.2, -0.15) is 0 Å². The average Bonchev–Trinajstić information content (AvgIpc) is 2.52. The van der Waals surface area contributed by atoms with Crippen molar-refractivity contribution in [2.75, 3.05) is 21.3 Å². The van der Waals surface area contributed by atoms with Gasteiger partial charge < -0.3 is 19.9 Å². The van der Waals surface area contributed by atoms with Crippen LogP contribution in [0.1, 0.15) is 24.2 Å². The van der Waals surface area contributed by atoms with Crippen LogP contribution in [0.15, 0.2) is 24.3 Å². The summed E-state index contributed by atoms with van der Waals surface area (Å²) in [5.41, 5.74) is 9.53. The largest absolute Gasteiger partial charge is 0.493 e. The Morgan fingerprint density at radius 3 is 2.14 bits per heavy atom. The molecule has 0 amide bonds. The molecule has 2 N–H and O–H groups in total. The number of nitrogens with two attached hydrogens (primary N) is 1. The van der Waals surface area contributed by atoms with E-state index in [2.05, 4.69) is 4.98 Å². The average molecular weight is 302 g/mol. The highest BCUT2D eigenvalue weighted by Crippen LogP contribution is 2.43. The minimum Gasteiger partial charge on any atom is -0.493 e. The van der Waals surface area contributed by atoms with Gasteiger partial charge in [0.1, 0.15) is 0 Å². The van der Waals surface area contributed by atoms with Crippen LogP contribution in [0, 0.1) is 6.92 Å². The number of hydrogen-bond acceptors (Lipinski definition) is 5. The van der Waals surface area contributed by atoms with Crippen molar-refractivity contribution in [2.45, 2.75) is 19.9 Å². The number of methoxy groups -OCH3 is 3. The molecule has 0 radical (unpaired) electrons. The van der Waals surface area contributed by atoms with E-state index in [0.717, 1.165) is 22.5 Å². The first-order valence-corrected chi connectivity index (χ1v) is 7.06. The van der Waals surface area contributed by atoms with Gasteiger partial charge in [0.15, 0.2) is 11.5 Å². The maximum Gasteiger partial charge on any atom is 0.203 e. The summed E-state index contributed by atoms with van der Waals surface area (Å²) in [4.78, 5) is 4.65. The molecule has 0 bridgehead atoms. The molecule has 5 heteroatoms. The summed E-state index contributed by atoms with van der Waals surface area (Å²) < 4.78 is 16.2. The monoisotopic (exact) mass is 302 g/mol. The smallest absolute Gasteiger partial charge is 0.203 e. The van der Waals surface area contributed by atoms with Crippen LogP contribution in [0.25, 0.3) is 11.3 Å². The van der Waals surface area contributed by atoms with E-state index in [1.54, 1.807) is 21.3 Å². The topological polar surface area (TPSA) is 66.6 Å². The number of ether oxygens (including phenoxy) is 3. The van der Waals surface area contributed by atoms with Gasteiger partial charge in [0, 0.05) is 17.3 Å². The van der Waals surface area contributed by atoms with E-state index in [9.17, 15) is 0 Å². The van der Waals surface area contributed by atoms with Gasteiger partial charge in [-0.25, -0.2) is 0 Å². The number of nitrogens with zero attached hydrogens (tertiary/aromatic N) is 1. The van der Waals surface area contributed by atoms with Crippen LogP contribution >= 0.6 is 0 Å². The zero-order chi connectivity index (χ0) is 16.3. The van der Waals surface area contributed by atoms with Crippen LogP contribution in [0.3, 0.4) is 0 Å². The van der Waals surface area contributed by atoms with Gasteiger partial charge in [-0.15, -0.1) is 0 Å². The number of rotatable bonds is 5. The van der Waals surface area contributed by atoms with E-state index in [4.69, 9.17) is 19.9 Å². The molecule has 1 aromatic carbocycles. The first-order chi connectivity index (χ1) is 10.5. The summed E-state index contributed by atoms with van der Waals surface area (Å²) in [5.74, 6) is 1.77. The summed E-state index contributed by atoms with van der Waals surface area (Å²) in [5, 5.41) is 0. The van der Waals surface area contributed by atoms with Crippen molar-refractivity contribution >= 4 is 0 Å². The molecule has 2 aromatic rings. The summed E-state index contributed by atoms with van der Waals surface area (Å²) in [6.07, 6.45) is 0. The molecule has 5 nitrogen and oxygen atoms in total. The Balaban J connectivity index is 2.60. The zero-order valence-corrected chi connectivity index (χ0v) is 13.6. The molecule has 1 heterocycles. The van der Waals surface area contributed by atoms with E-state index >= 15 is 0 Å². The predicted octanol–water partition coefficient (Wildman–Crippen LogP) is 3.10. The fourth-order valence-electron chi connectivity index (χ4n) is 2.51. The molecule has 1 unspecified atom stereocenters. The molecule has 118 valence electrons. The summed E-state index contributed by atoms with van der Waals surface area (Å²) in [6, 6.07) is 7.64. The predicted molar refractivity (Wildman–Crippen MR) is 86.7 cm³/mol. The molecule has 22 heavy (non-hydrogen) atoms. The zero-order valence-electron chi connectivity index (χ0n) is 13.6. The van der Waals surface area contributed by atoms with Crippen molar-refractivity contribution in [3.63, 3.8) is 0 Å². The Morgan fingerprint density at radius 2 is 1.64 bits per heavy atom. The van der Waals surface area contributed by atoms with Crippen molar-refractivity contribution < 1.29 is 14.2 Å². The second-order valence-electron chi connectivity index (χ2n) is 5.04. The van der Waals surface area contributed by atoms with Gasteiger partial charge in [-0.3, -0.25) is 4.98 Å². The minimum absolute atomic E-state index is 0.0474. The molecule has 0 aliphatic heterocycles. The fraction of sp³-hybridized carbons (Fsp3) is 0.353. The number of benzene rings is 1. The highest BCUT2D eigenvalue weighted by molar-refractivity contribution is 5.74. The van der Waals surface area contributed by atoms with Crippen molar-refractivity contribution in [1.29, 1.82) is 0 Å². The van der Waals surface area contributed by atoms with Crippen LogP contribution in [0.4, 0.5) is 0 Å². The number of aromatic nitrogens is 1. The number of hydrogen-bond donors (Lipinski definition) is 1. The lowest BCUT2D eigenvalue weighted by atomic mass is 10.0. The third-order valence-corrected chi connectivity index (χ3v) is 3.60. The highest BCUT2D eigenvalue weighted by atomic mass is 16.5.